The Labute approximate surface area is 182 Å². The van der Waals surface area contributed by atoms with Crippen LogP contribution in [0.4, 0.5) is 0 Å². The SMILES string of the molecule is COc1ccc(C)cc1-n1c(=O)c2ccccc2n2c(SCc3cnn(C)c3)nnc12. The summed E-state index contributed by atoms with van der Waals surface area (Å²) >= 11 is 1.55. The van der Waals surface area contributed by atoms with Crippen LogP contribution in [0, 0.1) is 6.92 Å². The number of hydrogen-bond acceptors (Lipinski definition) is 6. The molecule has 0 radical (unpaired) electrons. The Morgan fingerprint density at radius 2 is 1.97 bits per heavy atom. The Hall–Kier alpha value is -3.59. The normalized spacial score (nSPS) is 11.5. The molecule has 0 aliphatic carbocycles. The fourth-order valence-corrected chi connectivity index (χ4v) is 4.51. The maximum atomic E-state index is 13.5. The predicted octanol–water partition coefficient (Wildman–Crippen LogP) is 3.38. The van der Waals surface area contributed by atoms with Crippen LogP contribution in [-0.4, -0.2) is 36.1 Å². The van der Waals surface area contributed by atoms with Gasteiger partial charge in [0.05, 0.1) is 29.9 Å². The largest absolute Gasteiger partial charge is 0.495 e. The van der Waals surface area contributed by atoms with E-state index >= 15 is 0 Å². The van der Waals surface area contributed by atoms with E-state index in [-0.39, 0.29) is 5.56 Å². The van der Waals surface area contributed by atoms with Crippen molar-refractivity contribution in [1.82, 2.24) is 28.9 Å². The summed E-state index contributed by atoms with van der Waals surface area (Å²) in [6, 6.07) is 13.2. The van der Waals surface area contributed by atoms with Gasteiger partial charge in [-0.25, -0.2) is 4.57 Å². The molecule has 8 nitrogen and oxygen atoms in total. The number of aromatic nitrogens is 6. The first-order valence-corrected chi connectivity index (χ1v) is 10.7. The molecule has 3 heterocycles. The summed E-state index contributed by atoms with van der Waals surface area (Å²) in [6.07, 6.45) is 3.81. The molecule has 2 aromatic carbocycles. The fourth-order valence-electron chi connectivity index (χ4n) is 3.66. The zero-order chi connectivity index (χ0) is 21.5. The zero-order valence-electron chi connectivity index (χ0n) is 17.3. The standard InChI is InChI=1S/C22H20N6O2S/c1-14-8-9-19(30-3)18(10-14)27-20(29)16-6-4-5-7-17(16)28-21(27)24-25-22(28)31-13-15-11-23-26(2)12-15/h4-12H,13H2,1-3H3. The van der Waals surface area contributed by atoms with E-state index in [1.54, 1.807) is 28.1 Å². The maximum Gasteiger partial charge on any atom is 0.267 e. The summed E-state index contributed by atoms with van der Waals surface area (Å²) in [5.41, 5.74) is 3.34. The van der Waals surface area contributed by atoms with Gasteiger partial charge in [0.15, 0.2) is 5.16 Å². The molecule has 0 unspecified atom stereocenters. The van der Waals surface area contributed by atoms with Gasteiger partial charge < -0.3 is 4.74 Å². The molecular formula is C22H20N6O2S. The van der Waals surface area contributed by atoms with E-state index in [0.717, 1.165) is 16.6 Å². The summed E-state index contributed by atoms with van der Waals surface area (Å²) in [5, 5.41) is 14.3. The fraction of sp³-hybridized carbons (Fsp3) is 0.182. The molecule has 156 valence electrons. The van der Waals surface area contributed by atoms with E-state index in [9.17, 15) is 4.79 Å². The highest BCUT2D eigenvalue weighted by Crippen LogP contribution is 2.28. The van der Waals surface area contributed by atoms with Crippen LogP contribution in [0.25, 0.3) is 22.4 Å². The third kappa shape index (κ3) is 3.27. The van der Waals surface area contributed by atoms with Gasteiger partial charge in [0.1, 0.15) is 5.75 Å². The van der Waals surface area contributed by atoms with Crippen molar-refractivity contribution in [3.8, 4) is 11.4 Å². The van der Waals surface area contributed by atoms with Crippen molar-refractivity contribution in [1.29, 1.82) is 0 Å². The third-order valence-corrected chi connectivity index (χ3v) is 6.10. The highest BCUT2D eigenvalue weighted by atomic mass is 32.2. The molecule has 0 amide bonds. The van der Waals surface area contributed by atoms with Crippen LogP contribution in [0.1, 0.15) is 11.1 Å². The van der Waals surface area contributed by atoms with E-state index in [0.29, 0.717) is 33.5 Å². The second-order valence-corrected chi connectivity index (χ2v) is 8.20. The van der Waals surface area contributed by atoms with Gasteiger partial charge in [-0.05, 0) is 36.8 Å². The first-order chi connectivity index (χ1) is 15.1. The second-order valence-electron chi connectivity index (χ2n) is 7.26. The van der Waals surface area contributed by atoms with Gasteiger partial charge in [0.25, 0.3) is 5.56 Å². The Kier molecular flexibility index (Phi) is 4.74. The summed E-state index contributed by atoms with van der Waals surface area (Å²) in [5.74, 6) is 1.73. The maximum absolute atomic E-state index is 13.5. The van der Waals surface area contributed by atoms with Crippen LogP contribution in [0.15, 0.2) is 64.8 Å². The number of methoxy groups -OCH3 is 1. The van der Waals surface area contributed by atoms with Crippen molar-refractivity contribution in [3.63, 3.8) is 0 Å². The molecule has 5 rings (SSSR count). The van der Waals surface area contributed by atoms with Crippen LogP contribution in [0.2, 0.25) is 0 Å². The monoisotopic (exact) mass is 432 g/mol. The number of fused-ring (bicyclic) bond motifs is 3. The Morgan fingerprint density at radius 1 is 1.13 bits per heavy atom. The number of thioether (sulfide) groups is 1. The minimum atomic E-state index is -0.164. The molecule has 31 heavy (non-hydrogen) atoms. The van der Waals surface area contributed by atoms with E-state index in [4.69, 9.17) is 4.74 Å². The number of para-hydroxylation sites is 1. The molecule has 3 aromatic heterocycles. The number of benzene rings is 2. The molecule has 5 aromatic rings. The number of nitrogens with zero attached hydrogens (tertiary/aromatic N) is 6. The lowest BCUT2D eigenvalue weighted by Gasteiger charge is -2.14. The van der Waals surface area contributed by atoms with Gasteiger partial charge >= 0.3 is 0 Å². The molecule has 0 N–H and O–H groups in total. The number of aryl methyl sites for hydroxylation is 2. The van der Waals surface area contributed by atoms with E-state index in [1.807, 2.05) is 73.2 Å². The summed E-state index contributed by atoms with van der Waals surface area (Å²) in [7, 11) is 3.48. The van der Waals surface area contributed by atoms with Gasteiger partial charge in [0, 0.05) is 24.6 Å². The average Bonchev–Trinajstić information content (AvgIpc) is 3.39. The predicted molar refractivity (Wildman–Crippen MR) is 120 cm³/mol. The van der Waals surface area contributed by atoms with Crippen molar-refractivity contribution < 1.29 is 4.74 Å². The lowest BCUT2D eigenvalue weighted by molar-refractivity contribution is 0.412. The highest BCUT2D eigenvalue weighted by Gasteiger charge is 2.20. The molecule has 9 heteroatoms. The molecule has 0 spiro atoms. The van der Waals surface area contributed by atoms with Gasteiger partial charge in [-0.15, -0.1) is 10.2 Å². The molecule has 0 atom stereocenters. The van der Waals surface area contributed by atoms with Crippen LogP contribution >= 0.6 is 11.8 Å². The number of hydrogen-bond donors (Lipinski definition) is 0. The zero-order valence-corrected chi connectivity index (χ0v) is 18.1. The third-order valence-electron chi connectivity index (χ3n) is 5.10. The van der Waals surface area contributed by atoms with E-state index in [2.05, 4.69) is 15.3 Å². The summed E-state index contributed by atoms with van der Waals surface area (Å²) < 4.78 is 10.8. The van der Waals surface area contributed by atoms with Gasteiger partial charge in [-0.2, -0.15) is 5.10 Å². The Bertz CT molecular complexity index is 1480. The van der Waals surface area contributed by atoms with Crippen LogP contribution in [0.3, 0.4) is 0 Å². The van der Waals surface area contributed by atoms with E-state index in [1.165, 1.54) is 0 Å². The average molecular weight is 433 g/mol. The van der Waals surface area contributed by atoms with Crippen molar-refractivity contribution in [2.24, 2.45) is 7.05 Å². The smallest absolute Gasteiger partial charge is 0.267 e. The van der Waals surface area contributed by atoms with Crippen molar-refractivity contribution >= 4 is 28.4 Å². The molecule has 0 fully saturated rings. The van der Waals surface area contributed by atoms with Crippen molar-refractivity contribution in [2.45, 2.75) is 17.8 Å². The minimum Gasteiger partial charge on any atom is -0.495 e. The van der Waals surface area contributed by atoms with Crippen molar-refractivity contribution in [2.75, 3.05) is 7.11 Å². The first kappa shape index (κ1) is 19.4. The van der Waals surface area contributed by atoms with Gasteiger partial charge in [0.2, 0.25) is 5.78 Å². The molecule has 0 bridgehead atoms. The first-order valence-electron chi connectivity index (χ1n) is 9.71. The Balaban J connectivity index is 1.77. The van der Waals surface area contributed by atoms with Crippen LogP contribution in [-0.2, 0) is 12.8 Å². The van der Waals surface area contributed by atoms with Gasteiger partial charge in [-0.3, -0.25) is 13.9 Å². The molecule has 0 saturated carbocycles. The summed E-state index contributed by atoms with van der Waals surface area (Å²) in [6.45, 7) is 1.98. The number of rotatable bonds is 5. The second kappa shape index (κ2) is 7.59. The molecule has 0 saturated heterocycles. The van der Waals surface area contributed by atoms with Crippen LogP contribution in [0.5, 0.6) is 5.75 Å². The van der Waals surface area contributed by atoms with Crippen molar-refractivity contribution in [3.05, 3.63) is 76.3 Å². The minimum absolute atomic E-state index is 0.164. The Morgan fingerprint density at radius 3 is 2.74 bits per heavy atom. The molecular weight excluding hydrogens is 412 g/mol. The van der Waals surface area contributed by atoms with Crippen LogP contribution < -0.4 is 10.3 Å². The molecule has 0 aliphatic heterocycles. The van der Waals surface area contributed by atoms with E-state index < -0.39 is 0 Å². The lowest BCUT2D eigenvalue weighted by atomic mass is 10.2. The quantitative estimate of drug-likeness (QED) is 0.396. The molecule has 0 aliphatic rings. The summed E-state index contributed by atoms with van der Waals surface area (Å²) in [4.78, 5) is 13.5. The number of ether oxygens (including phenoxy) is 1. The highest BCUT2D eigenvalue weighted by molar-refractivity contribution is 7.98. The lowest BCUT2D eigenvalue weighted by Crippen LogP contribution is -2.22. The van der Waals surface area contributed by atoms with Gasteiger partial charge in [-0.1, -0.05) is 30.0 Å². The topological polar surface area (TPSA) is 79.2 Å².